The van der Waals surface area contributed by atoms with Crippen LogP contribution in [-0.4, -0.2) is 19.0 Å². The molecule has 0 aliphatic rings. The van der Waals surface area contributed by atoms with Crippen molar-refractivity contribution in [3.05, 3.63) is 35.4 Å². The van der Waals surface area contributed by atoms with E-state index in [1.807, 2.05) is 13.8 Å². The van der Waals surface area contributed by atoms with Crippen LogP contribution in [0.15, 0.2) is 24.3 Å². The highest BCUT2D eigenvalue weighted by atomic mass is 19.4. The smallest absolute Gasteiger partial charge is 0.351 e. The number of carbonyl (C=O) groups excluding carboxylic acids is 1. The van der Waals surface area contributed by atoms with Gasteiger partial charge in [0.1, 0.15) is 0 Å². The van der Waals surface area contributed by atoms with Crippen LogP contribution in [0.4, 0.5) is 13.2 Å². The summed E-state index contributed by atoms with van der Waals surface area (Å²) in [5, 5.41) is 2.59. The second kappa shape index (κ2) is 6.93. The Bertz CT molecular complexity index is 474. The molecule has 0 aliphatic carbocycles. The van der Waals surface area contributed by atoms with Gasteiger partial charge in [-0.05, 0) is 36.9 Å². The fraction of sp³-hybridized carbons (Fsp3) is 0.533. The Hall–Kier alpha value is -1.56. The largest absolute Gasteiger partial charge is 0.417 e. The monoisotopic (exact) mass is 302 g/mol. The molecule has 1 rings (SSSR count). The zero-order chi connectivity index (χ0) is 16.1. The first kappa shape index (κ1) is 17.5. The molecule has 0 aromatic heterocycles. The molecule has 3 nitrogen and oxygen atoms in total. The summed E-state index contributed by atoms with van der Waals surface area (Å²) in [6.45, 7) is 4.54. The highest BCUT2D eigenvalue weighted by Gasteiger charge is 2.35. The second-order valence-corrected chi connectivity index (χ2v) is 5.14. The molecular weight excluding hydrogens is 281 g/mol. The highest BCUT2D eigenvalue weighted by molar-refractivity contribution is 5.95. The van der Waals surface area contributed by atoms with E-state index in [0.29, 0.717) is 6.54 Å². The predicted octanol–water partition coefficient (Wildman–Crippen LogP) is 3.20. The van der Waals surface area contributed by atoms with Gasteiger partial charge in [-0.3, -0.25) is 4.79 Å². The van der Waals surface area contributed by atoms with E-state index >= 15 is 0 Å². The number of alkyl halides is 3. The minimum absolute atomic E-state index is 0.265. The molecule has 0 aliphatic heterocycles. The topological polar surface area (TPSA) is 55.1 Å². The van der Waals surface area contributed by atoms with E-state index in [0.717, 1.165) is 18.9 Å². The average molecular weight is 302 g/mol. The third-order valence-corrected chi connectivity index (χ3v) is 4.03. The Morgan fingerprint density at radius 2 is 1.76 bits per heavy atom. The number of halogens is 3. The highest BCUT2D eigenvalue weighted by Crippen LogP contribution is 2.32. The fourth-order valence-electron chi connectivity index (χ4n) is 2.15. The molecule has 0 bridgehead atoms. The number of benzene rings is 1. The zero-order valence-corrected chi connectivity index (χ0v) is 12.3. The van der Waals surface area contributed by atoms with Crippen LogP contribution in [0.5, 0.6) is 0 Å². The molecule has 0 spiro atoms. The lowest BCUT2D eigenvalue weighted by Gasteiger charge is -2.30. The van der Waals surface area contributed by atoms with Crippen molar-refractivity contribution in [2.24, 2.45) is 11.1 Å². The van der Waals surface area contributed by atoms with Gasteiger partial charge in [-0.2, -0.15) is 13.2 Å². The first-order chi connectivity index (χ1) is 9.79. The van der Waals surface area contributed by atoms with Gasteiger partial charge in [0.05, 0.1) is 11.1 Å². The maximum Gasteiger partial charge on any atom is 0.417 e. The van der Waals surface area contributed by atoms with Crippen molar-refractivity contribution < 1.29 is 18.0 Å². The SMILES string of the molecule is CCC(CC)(CN)CNC(=O)c1ccccc1C(F)(F)F. The molecule has 0 heterocycles. The van der Waals surface area contributed by atoms with Crippen molar-refractivity contribution in [3.63, 3.8) is 0 Å². The third kappa shape index (κ3) is 4.20. The van der Waals surface area contributed by atoms with Gasteiger partial charge in [0.2, 0.25) is 0 Å². The van der Waals surface area contributed by atoms with Crippen LogP contribution < -0.4 is 11.1 Å². The molecule has 21 heavy (non-hydrogen) atoms. The average Bonchev–Trinajstić information content (AvgIpc) is 2.48. The van der Waals surface area contributed by atoms with E-state index in [2.05, 4.69) is 5.32 Å². The number of amides is 1. The number of rotatable bonds is 6. The summed E-state index contributed by atoms with van der Waals surface area (Å²) in [6, 6.07) is 4.77. The van der Waals surface area contributed by atoms with Crippen LogP contribution >= 0.6 is 0 Å². The van der Waals surface area contributed by atoms with Crippen molar-refractivity contribution >= 4 is 5.91 Å². The van der Waals surface area contributed by atoms with Gasteiger partial charge in [-0.25, -0.2) is 0 Å². The lowest BCUT2D eigenvalue weighted by Crippen LogP contribution is -2.42. The van der Waals surface area contributed by atoms with Crippen LogP contribution in [-0.2, 0) is 6.18 Å². The molecule has 0 atom stereocenters. The van der Waals surface area contributed by atoms with Crippen LogP contribution in [0, 0.1) is 5.41 Å². The molecule has 0 saturated carbocycles. The lowest BCUT2D eigenvalue weighted by molar-refractivity contribution is -0.137. The predicted molar refractivity (Wildman–Crippen MR) is 75.8 cm³/mol. The second-order valence-electron chi connectivity index (χ2n) is 5.14. The molecule has 0 fully saturated rings. The maximum atomic E-state index is 12.9. The van der Waals surface area contributed by atoms with Gasteiger partial charge < -0.3 is 11.1 Å². The summed E-state index contributed by atoms with van der Waals surface area (Å²) in [4.78, 5) is 12.1. The number of nitrogens with two attached hydrogens (primary N) is 1. The molecule has 6 heteroatoms. The molecule has 0 radical (unpaired) electrons. The van der Waals surface area contributed by atoms with E-state index in [1.54, 1.807) is 0 Å². The lowest BCUT2D eigenvalue weighted by atomic mass is 9.82. The van der Waals surface area contributed by atoms with Crippen LogP contribution in [0.3, 0.4) is 0 Å². The van der Waals surface area contributed by atoms with Crippen LogP contribution in [0.25, 0.3) is 0 Å². The molecule has 0 unspecified atom stereocenters. The number of carbonyl (C=O) groups is 1. The third-order valence-electron chi connectivity index (χ3n) is 4.03. The van der Waals surface area contributed by atoms with Crippen LogP contribution in [0.2, 0.25) is 0 Å². The number of nitrogens with one attached hydrogen (secondary N) is 1. The van der Waals surface area contributed by atoms with E-state index < -0.39 is 17.6 Å². The maximum absolute atomic E-state index is 12.9. The molecule has 1 amide bonds. The standard InChI is InChI=1S/C15H21F3N2O/c1-3-14(4-2,9-19)10-20-13(21)11-7-5-6-8-12(11)15(16,17)18/h5-8H,3-4,9-10,19H2,1-2H3,(H,20,21). The van der Waals surface area contributed by atoms with E-state index in [-0.39, 0.29) is 17.5 Å². The Kier molecular flexibility index (Phi) is 5.78. The summed E-state index contributed by atoms with van der Waals surface area (Å²) < 4.78 is 38.6. The van der Waals surface area contributed by atoms with Gasteiger partial charge in [0, 0.05) is 6.54 Å². The molecule has 0 saturated heterocycles. The van der Waals surface area contributed by atoms with Crippen molar-refractivity contribution in [2.75, 3.05) is 13.1 Å². The molecule has 1 aromatic rings. The summed E-state index contributed by atoms with van der Waals surface area (Å²) in [6.07, 6.45) is -3.04. The first-order valence-electron chi connectivity index (χ1n) is 6.94. The van der Waals surface area contributed by atoms with Gasteiger partial charge in [-0.15, -0.1) is 0 Å². The van der Waals surface area contributed by atoms with Crippen molar-refractivity contribution in [1.29, 1.82) is 0 Å². The molecular formula is C15H21F3N2O. The van der Waals surface area contributed by atoms with E-state index in [1.165, 1.54) is 18.2 Å². The van der Waals surface area contributed by atoms with Gasteiger partial charge in [-0.1, -0.05) is 26.0 Å². The van der Waals surface area contributed by atoms with Crippen molar-refractivity contribution in [3.8, 4) is 0 Å². The van der Waals surface area contributed by atoms with E-state index in [9.17, 15) is 18.0 Å². The summed E-state index contributed by atoms with van der Waals surface area (Å²) in [5.41, 5.74) is 4.17. The van der Waals surface area contributed by atoms with Gasteiger partial charge in [0.15, 0.2) is 0 Å². The Balaban J connectivity index is 2.91. The molecule has 3 N–H and O–H groups in total. The first-order valence-corrected chi connectivity index (χ1v) is 6.94. The molecule has 118 valence electrons. The quantitative estimate of drug-likeness (QED) is 0.848. The Morgan fingerprint density at radius 3 is 2.24 bits per heavy atom. The Labute approximate surface area is 122 Å². The van der Waals surface area contributed by atoms with Gasteiger partial charge >= 0.3 is 6.18 Å². The summed E-state index contributed by atoms with van der Waals surface area (Å²) in [5.74, 6) is -0.720. The summed E-state index contributed by atoms with van der Waals surface area (Å²) in [7, 11) is 0. The van der Waals surface area contributed by atoms with Crippen LogP contribution in [0.1, 0.15) is 42.6 Å². The Morgan fingerprint density at radius 1 is 1.19 bits per heavy atom. The number of hydrogen-bond donors (Lipinski definition) is 2. The summed E-state index contributed by atoms with van der Waals surface area (Å²) >= 11 is 0. The minimum Gasteiger partial charge on any atom is -0.351 e. The molecule has 1 aromatic carbocycles. The normalized spacial score (nSPS) is 12.3. The minimum atomic E-state index is -4.55. The van der Waals surface area contributed by atoms with Crippen molar-refractivity contribution in [1.82, 2.24) is 5.32 Å². The van der Waals surface area contributed by atoms with Crippen molar-refractivity contribution in [2.45, 2.75) is 32.9 Å². The fourth-order valence-corrected chi connectivity index (χ4v) is 2.15. The zero-order valence-electron chi connectivity index (χ0n) is 12.3. The van der Waals surface area contributed by atoms with E-state index in [4.69, 9.17) is 5.73 Å². The van der Waals surface area contributed by atoms with Gasteiger partial charge in [0.25, 0.3) is 5.91 Å². The number of hydrogen-bond acceptors (Lipinski definition) is 2.